The molecule has 2 rings (SSSR count). The third-order valence-electron chi connectivity index (χ3n) is 10.8. The molecular formula is C48H84N2O4. The second-order valence-corrected chi connectivity index (χ2v) is 16.2. The number of nitrogens with zero attached hydrogens (tertiary/aromatic N) is 2. The van der Waals surface area contributed by atoms with Crippen LogP contribution in [0.25, 0.3) is 0 Å². The molecule has 1 amide bonds. The largest absolute Gasteiger partial charge is 0.448 e. The Balaban J connectivity index is 1.72. The minimum absolute atomic E-state index is 0.218. The summed E-state index contributed by atoms with van der Waals surface area (Å²) in [6, 6.07) is 0. The van der Waals surface area contributed by atoms with Gasteiger partial charge >= 0.3 is 6.09 Å². The highest BCUT2D eigenvalue weighted by atomic mass is 16.8. The van der Waals surface area contributed by atoms with Crippen molar-refractivity contribution >= 4 is 6.09 Å². The molecule has 1 spiro atoms. The summed E-state index contributed by atoms with van der Waals surface area (Å²) in [5, 5.41) is 0. The second-order valence-electron chi connectivity index (χ2n) is 16.2. The minimum atomic E-state index is -0.515. The quantitative estimate of drug-likeness (QED) is 0.0506. The van der Waals surface area contributed by atoms with E-state index < -0.39 is 11.4 Å². The monoisotopic (exact) mass is 753 g/mol. The Labute approximate surface area is 333 Å². The van der Waals surface area contributed by atoms with Crippen LogP contribution in [0.2, 0.25) is 0 Å². The molecule has 2 fully saturated rings. The van der Waals surface area contributed by atoms with E-state index in [0.29, 0.717) is 19.8 Å². The number of hydrogen-bond donors (Lipinski definition) is 0. The van der Waals surface area contributed by atoms with Crippen LogP contribution >= 0.6 is 0 Å². The molecule has 0 aromatic heterocycles. The number of rotatable bonds is 32. The van der Waals surface area contributed by atoms with E-state index in [1.165, 1.54) is 103 Å². The zero-order chi connectivity index (χ0) is 38.8. The average Bonchev–Trinajstić information content (AvgIpc) is 3.50. The number of carbonyl (C=O) groups is 1. The van der Waals surface area contributed by atoms with Gasteiger partial charge in [0.25, 0.3) is 0 Å². The Morgan fingerprint density at radius 1 is 0.667 bits per heavy atom. The van der Waals surface area contributed by atoms with Crippen LogP contribution in [0.15, 0.2) is 60.8 Å². The summed E-state index contributed by atoms with van der Waals surface area (Å²) in [6.07, 6.45) is 53.5. The molecule has 0 aromatic carbocycles. The van der Waals surface area contributed by atoms with Gasteiger partial charge in [0.2, 0.25) is 0 Å². The molecule has 6 nitrogen and oxygen atoms in total. The Hall–Kier alpha value is -2.15. The van der Waals surface area contributed by atoms with Gasteiger partial charge in [0.05, 0.1) is 13.2 Å². The lowest BCUT2D eigenvalue weighted by Crippen LogP contribution is -2.53. The van der Waals surface area contributed by atoms with E-state index in [2.05, 4.69) is 74.6 Å². The third-order valence-corrected chi connectivity index (χ3v) is 10.8. The van der Waals surface area contributed by atoms with E-state index in [-0.39, 0.29) is 6.09 Å². The van der Waals surface area contributed by atoms with Crippen molar-refractivity contribution in [3.63, 3.8) is 0 Å². The predicted molar refractivity (Wildman–Crippen MR) is 231 cm³/mol. The van der Waals surface area contributed by atoms with Crippen molar-refractivity contribution in [2.45, 2.75) is 192 Å². The first-order valence-corrected chi connectivity index (χ1v) is 22.6. The van der Waals surface area contributed by atoms with Gasteiger partial charge in [-0.25, -0.2) is 4.79 Å². The zero-order valence-electron chi connectivity index (χ0n) is 35.7. The van der Waals surface area contributed by atoms with Crippen molar-refractivity contribution in [1.82, 2.24) is 9.80 Å². The van der Waals surface area contributed by atoms with Crippen molar-refractivity contribution in [3.05, 3.63) is 60.8 Å². The molecule has 2 heterocycles. The molecule has 310 valence electrons. The maximum atomic E-state index is 12.9. The van der Waals surface area contributed by atoms with Crippen molar-refractivity contribution in [2.75, 3.05) is 46.9 Å². The first kappa shape index (κ1) is 48.0. The van der Waals surface area contributed by atoms with Gasteiger partial charge in [-0.3, -0.25) is 0 Å². The summed E-state index contributed by atoms with van der Waals surface area (Å²) in [5.41, 5.74) is -0.410. The fourth-order valence-corrected chi connectivity index (χ4v) is 7.52. The first-order valence-electron chi connectivity index (χ1n) is 22.6. The van der Waals surface area contributed by atoms with Crippen LogP contribution in [0, 0.1) is 0 Å². The Kier molecular flexibility index (Phi) is 28.4. The number of allylic oxidation sites excluding steroid dienone is 10. The Morgan fingerprint density at radius 3 is 1.70 bits per heavy atom. The number of carbonyl (C=O) groups excluding carboxylic acids is 1. The maximum Gasteiger partial charge on any atom is 0.409 e. The van der Waals surface area contributed by atoms with Crippen LogP contribution in [-0.2, 0) is 14.2 Å². The van der Waals surface area contributed by atoms with Gasteiger partial charge in [0, 0.05) is 25.9 Å². The molecule has 2 aliphatic heterocycles. The van der Waals surface area contributed by atoms with Gasteiger partial charge in [0.15, 0.2) is 5.79 Å². The number of amides is 1. The van der Waals surface area contributed by atoms with Crippen LogP contribution in [0.1, 0.15) is 181 Å². The van der Waals surface area contributed by atoms with E-state index in [1.807, 2.05) is 23.9 Å². The van der Waals surface area contributed by atoms with Crippen LogP contribution in [0.5, 0.6) is 0 Å². The number of hydrogen-bond acceptors (Lipinski definition) is 5. The van der Waals surface area contributed by atoms with E-state index >= 15 is 0 Å². The van der Waals surface area contributed by atoms with E-state index in [4.69, 9.17) is 14.2 Å². The molecule has 2 unspecified atom stereocenters. The highest BCUT2D eigenvalue weighted by Crippen LogP contribution is 2.43. The van der Waals surface area contributed by atoms with E-state index in [9.17, 15) is 4.79 Å². The van der Waals surface area contributed by atoms with Crippen molar-refractivity contribution in [1.29, 1.82) is 0 Å². The molecule has 2 saturated heterocycles. The lowest BCUT2D eigenvalue weighted by Gasteiger charge is -2.40. The number of likely N-dealkylation sites (tertiary alicyclic amines) is 1. The Morgan fingerprint density at radius 2 is 1.17 bits per heavy atom. The zero-order valence-corrected chi connectivity index (χ0v) is 35.7. The van der Waals surface area contributed by atoms with Crippen molar-refractivity contribution in [3.8, 4) is 0 Å². The van der Waals surface area contributed by atoms with Gasteiger partial charge in [-0.2, -0.15) is 0 Å². The second kappa shape index (κ2) is 32.0. The molecule has 0 aromatic rings. The first-order chi connectivity index (χ1) is 26.4. The number of unbranched alkanes of at least 4 members (excludes halogenated alkanes) is 15. The summed E-state index contributed by atoms with van der Waals surface area (Å²) in [6.45, 7) is 7.46. The molecule has 0 radical (unpaired) electrons. The van der Waals surface area contributed by atoms with E-state index in [1.54, 1.807) is 0 Å². The van der Waals surface area contributed by atoms with Crippen LogP contribution in [0.4, 0.5) is 4.79 Å². The standard InChI is InChI=1S/C48H84N2O4/c1-5-7-9-11-13-15-17-19-21-23-25-27-29-31-33-35-39-48(40-36-34-32-30-28-26-24-22-20-18-16-14-12-10-8-6-2)53-45-47(54-48)38-37-41-50(44-47)46(51)52-43-42-49(3)4/h7,9,13-16,19-22H,5-6,8,10-12,17-18,23-45H2,1-4H3/b9-7-,15-13-,16-14-,21-19-,22-20-. The fourth-order valence-electron chi connectivity index (χ4n) is 7.52. The van der Waals surface area contributed by atoms with Gasteiger partial charge in [0.1, 0.15) is 12.2 Å². The number of ether oxygens (including phenoxy) is 3. The van der Waals surface area contributed by atoms with E-state index in [0.717, 1.165) is 77.3 Å². The highest BCUT2D eigenvalue weighted by Gasteiger charge is 2.52. The molecular weight excluding hydrogens is 669 g/mol. The summed E-state index contributed by atoms with van der Waals surface area (Å²) >= 11 is 0. The SMILES string of the molecule is CC/C=C\C/C=C\C/C=C\CCCCCCCCC1(CCCCCCCC/C=C\C/C=C\CCCCC)OCC2(CCCN(C(=O)OCCN(C)C)C2)O1. The minimum Gasteiger partial charge on any atom is -0.448 e. The summed E-state index contributed by atoms with van der Waals surface area (Å²) < 4.78 is 19.3. The summed E-state index contributed by atoms with van der Waals surface area (Å²) in [4.78, 5) is 16.8. The molecule has 0 bridgehead atoms. The fraction of sp³-hybridized carbons (Fsp3) is 0.771. The lowest BCUT2D eigenvalue weighted by atomic mass is 9.93. The normalized spacial score (nSPS) is 20.9. The molecule has 2 aliphatic rings. The van der Waals surface area contributed by atoms with Crippen LogP contribution in [0.3, 0.4) is 0 Å². The van der Waals surface area contributed by atoms with Gasteiger partial charge in [-0.05, 0) is 104 Å². The Bertz CT molecular complexity index is 1060. The van der Waals surface area contributed by atoms with Gasteiger partial charge in [-0.1, -0.05) is 139 Å². The molecule has 2 atom stereocenters. The van der Waals surface area contributed by atoms with Gasteiger partial charge < -0.3 is 24.0 Å². The van der Waals surface area contributed by atoms with Gasteiger partial charge in [-0.15, -0.1) is 0 Å². The number of piperidine rings is 1. The maximum absolute atomic E-state index is 12.9. The molecule has 0 aliphatic carbocycles. The highest BCUT2D eigenvalue weighted by molar-refractivity contribution is 5.67. The van der Waals surface area contributed by atoms with Crippen LogP contribution in [-0.4, -0.2) is 74.2 Å². The average molecular weight is 753 g/mol. The molecule has 0 saturated carbocycles. The van der Waals surface area contributed by atoms with Crippen molar-refractivity contribution < 1.29 is 19.0 Å². The summed E-state index contributed by atoms with van der Waals surface area (Å²) in [5.74, 6) is -0.515. The lowest BCUT2D eigenvalue weighted by molar-refractivity contribution is -0.204. The molecule has 0 N–H and O–H groups in total. The third kappa shape index (κ3) is 23.7. The molecule has 54 heavy (non-hydrogen) atoms. The van der Waals surface area contributed by atoms with Crippen molar-refractivity contribution in [2.24, 2.45) is 0 Å². The van der Waals surface area contributed by atoms with Crippen LogP contribution < -0.4 is 0 Å². The smallest absolute Gasteiger partial charge is 0.409 e. The summed E-state index contributed by atoms with van der Waals surface area (Å²) in [7, 11) is 3.99. The molecule has 6 heteroatoms. The number of likely N-dealkylation sites (N-methyl/N-ethyl adjacent to an activating group) is 1. The topological polar surface area (TPSA) is 51.2 Å². The predicted octanol–water partition coefficient (Wildman–Crippen LogP) is 13.4.